The molecule has 1 aromatic rings. The molecule has 1 aliphatic rings. The number of nitrogens with zero attached hydrogens (tertiary/aromatic N) is 4. The van der Waals surface area contributed by atoms with Crippen molar-refractivity contribution >= 4 is 11.8 Å². The zero-order valence-electron chi connectivity index (χ0n) is 16.7. The minimum atomic E-state index is -0.0368. The third-order valence-corrected chi connectivity index (χ3v) is 4.79. The van der Waals surface area contributed by atoms with Crippen LogP contribution in [0, 0.1) is 13.8 Å². The summed E-state index contributed by atoms with van der Waals surface area (Å²) in [6.07, 6.45) is 0. The van der Waals surface area contributed by atoms with Crippen molar-refractivity contribution in [1.82, 2.24) is 19.3 Å². The first-order chi connectivity index (χ1) is 11.5. The van der Waals surface area contributed by atoms with Crippen molar-refractivity contribution in [3.63, 3.8) is 0 Å². The molecule has 0 unspecified atom stereocenters. The van der Waals surface area contributed by atoms with E-state index >= 15 is 0 Å². The summed E-state index contributed by atoms with van der Waals surface area (Å²) < 4.78 is 2.23. The number of aryl methyl sites for hydroxylation is 1. The number of rotatable bonds is 3. The molecule has 0 bridgehead atoms. The highest BCUT2D eigenvalue weighted by Crippen LogP contribution is 2.25. The Morgan fingerprint density at radius 1 is 1.08 bits per heavy atom. The van der Waals surface area contributed by atoms with Crippen molar-refractivity contribution in [3.05, 3.63) is 23.0 Å². The standard InChI is InChI=1S/C19H32N4O2/c1-14-12-16(15(2)23(14)19(3,4)5)17(24)13-21-8-10-22(11-9-21)18(25)20(6)7/h12H,8-11,13H2,1-7H3. The van der Waals surface area contributed by atoms with Crippen LogP contribution >= 0.6 is 0 Å². The van der Waals surface area contributed by atoms with Gasteiger partial charge in [-0.15, -0.1) is 0 Å². The zero-order chi connectivity index (χ0) is 18.9. The summed E-state index contributed by atoms with van der Waals surface area (Å²) in [6.45, 7) is 13.8. The molecule has 1 saturated heterocycles. The summed E-state index contributed by atoms with van der Waals surface area (Å²) in [7, 11) is 3.53. The van der Waals surface area contributed by atoms with E-state index in [1.165, 1.54) is 0 Å². The van der Waals surface area contributed by atoms with Crippen molar-refractivity contribution in [2.75, 3.05) is 46.8 Å². The average Bonchev–Trinajstić information content (AvgIpc) is 2.82. The van der Waals surface area contributed by atoms with E-state index < -0.39 is 0 Å². The van der Waals surface area contributed by atoms with Crippen LogP contribution in [0.4, 0.5) is 4.79 Å². The third-order valence-electron chi connectivity index (χ3n) is 4.79. The van der Waals surface area contributed by atoms with Gasteiger partial charge in [0.15, 0.2) is 5.78 Å². The van der Waals surface area contributed by atoms with Crippen LogP contribution in [0.5, 0.6) is 0 Å². The molecule has 0 atom stereocenters. The van der Waals surface area contributed by atoms with Crippen molar-refractivity contribution < 1.29 is 9.59 Å². The topological polar surface area (TPSA) is 48.8 Å². The molecule has 140 valence electrons. The van der Waals surface area contributed by atoms with Crippen molar-refractivity contribution in [2.45, 2.75) is 40.2 Å². The first kappa shape index (κ1) is 19.5. The normalized spacial score (nSPS) is 16.2. The van der Waals surface area contributed by atoms with Gasteiger partial charge in [0.25, 0.3) is 0 Å². The fraction of sp³-hybridized carbons (Fsp3) is 0.684. The molecule has 2 amide bonds. The Morgan fingerprint density at radius 3 is 2.08 bits per heavy atom. The number of piperazine rings is 1. The molecule has 0 N–H and O–H groups in total. The summed E-state index contributed by atoms with van der Waals surface area (Å²) in [5, 5.41) is 0. The van der Waals surface area contributed by atoms with Crippen LogP contribution in [0.2, 0.25) is 0 Å². The smallest absolute Gasteiger partial charge is 0.319 e. The number of hydrogen-bond acceptors (Lipinski definition) is 3. The minimum Gasteiger partial charge on any atom is -0.343 e. The summed E-state index contributed by atoms with van der Waals surface area (Å²) in [4.78, 5) is 30.4. The second-order valence-electron chi connectivity index (χ2n) is 8.15. The number of aromatic nitrogens is 1. The molecule has 0 saturated carbocycles. The maximum Gasteiger partial charge on any atom is 0.319 e. The fourth-order valence-corrected chi connectivity index (χ4v) is 3.75. The third kappa shape index (κ3) is 4.24. The number of carbonyl (C=O) groups excluding carboxylic acids is 2. The molecule has 0 aliphatic carbocycles. The lowest BCUT2D eigenvalue weighted by Gasteiger charge is -2.35. The second kappa shape index (κ2) is 7.20. The van der Waals surface area contributed by atoms with Gasteiger partial charge < -0.3 is 14.4 Å². The Balaban J connectivity index is 2.02. The largest absolute Gasteiger partial charge is 0.343 e. The second-order valence-corrected chi connectivity index (χ2v) is 8.15. The molecule has 6 heteroatoms. The molecule has 2 heterocycles. The molecule has 0 aromatic carbocycles. The lowest BCUT2D eigenvalue weighted by Crippen LogP contribution is -2.52. The van der Waals surface area contributed by atoms with Crippen molar-refractivity contribution in [2.24, 2.45) is 0 Å². The fourth-order valence-electron chi connectivity index (χ4n) is 3.75. The van der Waals surface area contributed by atoms with Crippen LogP contribution in [0.15, 0.2) is 6.07 Å². The Morgan fingerprint density at radius 2 is 1.64 bits per heavy atom. The molecule has 25 heavy (non-hydrogen) atoms. The van der Waals surface area contributed by atoms with E-state index in [-0.39, 0.29) is 17.4 Å². The van der Waals surface area contributed by atoms with Gasteiger partial charge in [0.1, 0.15) is 0 Å². The Kier molecular flexibility index (Phi) is 5.62. The number of Topliss-reactive ketones (excluding diaryl/α,β-unsaturated/α-hetero) is 1. The van der Waals surface area contributed by atoms with Gasteiger partial charge in [0.05, 0.1) is 6.54 Å². The number of hydrogen-bond donors (Lipinski definition) is 0. The molecule has 1 aromatic heterocycles. The molecular weight excluding hydrogens is 316 g/mol. The summed E-state index contributed by atoms with van der Waals surface area (Å²) in [5.74, 6) is 0.163. The van der Waals surface area contributed by atoms with Gasteiger partial charge in [-0.2, -0.15) is 0 Å². The van der Waals surface area contributed by atoms with E-state index in [2.05, 4.69) is 37.2 Å². The lowest BCUT2D eigenvalue weighted by atomic mass is 10.1. The highest BCUT2D eigenvalue weighted by atomic mass is 16.2. The highest BCUT2D eigenvalue weighted by Gasteiger charge is 2.26. The number of urea groups is 1. The van der Waals surface area contributed by atoms with Gasteiger partial charge in [0, 0.05) is 62.8 Å². The number of ketones is 1. The lowest BCUT2D eigenvalue weighted by molar-refractivity contribution is 0.0862. The van der Waals surface area contributed by atoms with Crippen LogP contribution < -0.4 is 0 Å². The Bertz CT molecular complexity index is 647. The molecule has 0 spiro atoms. The Labute approximate surface area is 151 Å². The SMILES string of the molecule is Cc1cc(C(=O)CN2CCN(C(=O)N(C)C)CC2)c(C)n1C(C)(C)C. The van der Waals surface area contributed by atoms with E-state index in [0.29, 0.717) is 19.6 Å². The Hall–Kier alpha value is -1.82. The predicted molar refractivity (Wildman–Crippen MR) is 100 cm³/mol. The van der Waals surface area contributed by atoms with Crippen LogP contribution in [-0.4, -0.2) is 77.9 Å². The van der Waals surface area contributed by atoms with Gasteiger partial charge in [-0.1, -0.05) is 0 Å². The van der Waals surface area contributed by atoms with Crippen LogP contribution in [0.3, 0.4) is 0 Å². The van der Waals surface area contributed by atoms with E-state index in [1.54, 1.807) is 19.0 Å². The first-order valence-electron chi connectivity index (χ1n) is 8.93. The predicted octanol–water partition coefficient (Wildman–Crippen LogP) is 2.34. The monoisotopic (exact) mass is 348 g/mol. The number of amides is 2. The average molecular weight is 348 g/mol. The van der Waals surface area contributed by atoms with Crippen LogP contribution in [-0.2, 0) is 5.54 Å². The van der Waals surface area contributed by atoms with Gasteiger partial charge >= 0.3 is 6.03 Å². The summed E-state index contributed by atoms with van der Waals surface area (Å²) in [6, 6.07) is 2.05. The summed E-state index contributed by atoms with van der Waals surface area (Å²) in [5.41, 5.74) is 2.94. The first-order valence-corrected chi connectivity index (χ1v) is 8.93. The quantitative estimate of drug-likeness (QED) is 0.788. The van der Waals surface area contributed by atoms with E-state index in [0.717, 1.165) is 30.0 Å². The van der Waals surface area contributed by atoms with Crippen molar-refractivity contribution in [3.8, 4) is 0 Å². The van der Waals surface area contributed by atoms with Crippen LogP contribution in [0.1, 0.15) is 42.5 Å². The zero-order valence-corrected chi connectivity index (χ0v) is 16.7. The maximum absolute atomic E-state index is 12.8. The maximum atomic E-state index is 12.8. The minimum absolute atomic E-state index is 0.0368. The van der Waals surface area contributed by atoms with Gasteiger partial charge in [-0.05, 0) is 40.7 Å². The number of carbonyl (C=O) groups is 2. The van der Waals surface area contributed by atoms with Gasteiger partial charge in [0.2, 0.25) is 0 Å². The molecular formula is C19H32N4O2. The van der Waals surface area contributed by atoms with E-state index in [4.69, 9.17) is 0 Å². The van der Waals surface area contributed by atoms with Gasteiger partial charge in [-0.25, -0.2) is 4.79 Å². The van der Waals surface area contributed by atoms with Crippen LogP contribution in [0.25, 0.3) is 0 Å². The molecule has 1 fully saturated rings. The molecule has 0 radical (unpaired) electrons. The van der Waals surface area contributed by atoms with E-state index in [9.17, 15) is 9.59 Å². The highest BCUT2D eigenvalue weighted by molar-refractivity contribution is 5.99. The molecule has 2 rings (SSSR count). The molecule has 6 nitrogen and oxygen atoms in total. The van der Waals surface area contributed by atoms with E-state index in [1.807, 2.05) is 17.9 Å². The molecule has 1 aliphatic heterocycles. The van der Waals surface area contributed by atoms with Crippen molar-refractivity contribution in [1.29, 1.82) is 0 Å². The van der Waals surface area contributed by atoms with Gasteiger partial charge in [-0.3, -0.25) is 9.69 Å². The summed E-state index contributed by atoms with van der Waals surface area (Å²) >= 11 is 0.